The number of benzene rings is 3. The van der Waals surface area contributed by atoms with Crippen LogP contribution in [-0.2, 0) is 16.0 Å². The molecule has 0 aliphatic rings. The highest BCUT2D eigenvalue weighted by Gasteiger charge is 2.17. The lowest BCUT2D eigenvalue weighted by Crippen LogP contribution is -2.41. The molecule has 0 radical (unpaired) electrons. The van der Waals surface area contributed by atoms with Gasteiger partial charge in [0.15, 0.2) is 0 Å². The predicted molar refractivity (Wildman–Crippen MR) is 128 cm³/mol. The molecule has 162 valence electrons. The lowest BCUT2D eigenvalue weighted by Gasteiger charge is -2.14. The molecule has 0 fully saturated rings. The molecule has 0 spiro atoms. The van der Waals surface area contributed by atoms with Crippen molar-refractivity contribution < 1.29 is 14.3 Å². The highest BCUT2D eigenvalue weighted by Crippen LogP contribution is 2.30. The minimum absolute atomic E-state index is 0.207. The fourth-order valence-corrected chi connectivity index (χ4v) is 4.34. The van der Waals surface area contributed by atoms with E-state index in [1.165, 1.54) is 0 Å². The third-order valence-electron chi connectivity index (χ3n) is 4.94. The SMILES string of the molecule is COc1cccc(CC(C)NC(=O)C(=O)Nc2ccc(-c3nc4ccccc4s3)cc2)c1. The van der Waals surface area contributed by atoms with Crippen LogP contribution in [0.3, 0.4) is 0 Å². The van der Waals surface area contributed by atoms with Crippen LogP contribution in [0.5, 0.6) is 5.75 Å². The van der Waals surface area contributed by atoms with Gasteiger partial charge in [-0.1, -0.05) is 24.3 Å². The number of anilines is 1. The van der Waals surface area contributed by atoms with Gasteiger partial charge in [0.25, 0.3) is 0 Å². The molecular formula is C25H23N3O3S. The van der Waals surface area contributed by atoms with Crippen LogP contribution in [0, 0.1) is 0 Å². The van der Waals surface area contributed by atoms with Crippen LogP contribution in [0.1, 0.15) is 12.5 Å². The third kappa shape index (κ3) is 5.12. The van der Waals surface area contributed by atoms with E-state index in [-0.39, 0.29) is 6.04 Å². The summed E-state index contributed by atoms with van der Waals surface area (Å²) in [6, 6.07) is 22.7. The molecule has 32 heavy (non-hydrogen) atoms. The van der Waals surface area contributed by atoms with Crippen LogP contribution >= 0.6 is 11.3 Å². The smallest absolute Gasteiger partial charge is 0.313 e. The lowest BCUT2D eigenvalue weighted by atomic mass is 10.1. The maximum absolute atomic E-state index is 12.3. The number of carbonyl (C=O) groups excluding carboxylic acids is 2. The van der Waals surface area contributed by atoms with E-state index in [4.69, 9.17) is 4.74 Å². The zero-order chi connectivity index (χ0) is 22.5. The monoisotopic (exact) mass is 445 g/mol. The van der Waals surface area contributed by atoms with E-state index in [9.17, 15) is 9.59 Å². The topological polar surface area (TPSA) is 80.3 Å². The molecule has 1 heterocycles. The van der Waals surface area contributed by atoms with Crippen molar-refractivity contribution >= 4 is 39.1 Å². The minimum atomic E-state index is -0.699. The molecule has 6 nitrogen and oxygen atoms in total. The van der Waals surface area contributed by atoms with Crippen molar-refractivity contribution in [1.82, 2.24) is 10.3 Å². The zero-order valence-corrected chi connectivity index (χ0v) is 18.6. The van der Waals surface area contributed by atoms with Gasteiger partial charge in [0.2, 0.25) is 0 Å². The van der Waals surface area contributed by atoms with Crippen LogP contribution in [0.4, 0.5) is 5.69 Å². The Bertz CT molecular complexity index is 1220. The number of nitrogens with zero attached hydrogens (tertiary/aromatic N) is 1. The van der Waals surface area contributed by atoms with Gasteiger partial charge in [-0.05, 0) is 67.4 Å². The van der Waals surface area contributed by atoms with Gasteiger partial charge in [-0.25, -0.2) is 4.98 Å². The summed E-state index contributed by atoms with van der Waals surface area (Å²) >= 11 is 1.61. The van der Waals surface area contributed by atoms with Gasteiger partial charge < -0.3 is 15.4 Å². The quantitative estimate of drug-likeness (QED) is 0.423. The first-order valence-corrected chi connectivity index (χ1v) is 11.0. The summed E-state index contributed by atoms with van der Waals surface area (Å²) in [5.41, 5.74) is 3.49. The molecule has 4 aromatic rings. The van der Waals surface area contributed by atoms with Crippen molar-refractivity contribution in [3.8, 4) is 16.3 Å². The van der Waals surface area contributed by atoms with Gasteiger partial charge in [0.1, 0.15) is 10.8 Å². The van der Waals surface area contributed by atoms with Crippen molar-refractivity contribution in [2.75, 3.05) is 12.4 Å². The van der Waals surface area contributed by atoms with E-state index < -0.39 is 11.8 Å². The molecule has 1 aromatic heterocycles. The normalized spacial score (nSPS) is 11.7. The van der Waals surface area contributed by atoms with Crippen molar-refractivity contribution in [1.29, 1.82) is 0 Å². The first-order chi connectivity index (χ1) is 15.5. The summed E-state index contributed by atoms with van der Waals surface area (Å²) in [6.07, 6.45) is 0.590. The highest BCUT2D eigenvalue weighted by atomic mass is 32.1. The van der Waals surface area contributed by atoms with Gasteiger partial charge >= 0.3 is 11.8 Å². The fraction of sp³-hybridized carbons (Fsp3) is 0.160. The largest absolute Gasteiger partial charge is 0.497 e. The Hall–Kier alpha value is -3.71. The molecule has 0 saturated carbocycles. The summed E-state index contributed by atoms with van der Waals surface area (Å²) in [4.78, 5) is 29.3. The van der Waals surface area contributed by atoms with E-state index in [0.717, 1.165) is 32.1 Å². The van der Waals surface area contributed by atoms with Gasteiger partial charge in [-0.3, -0.25) is 9.59 Å². The Morgan fingerprint density at radius 1 is 1.00 bits per heavy atom. The molecule has 0 saturated heterocycles. The average Bonchev–Trinajstić information content (AvgIpc) is 3.24. The molecule has 3 aromatic carbocycles. The van der Waals surface area contributed by atoms with Gasteiger partial charge in [0, 0.05) is 17.3 Å². The second kappa shape index (κ2) is 9.62. The lowest BCUT2D eigenvalue weighted by molar-refractivity contribution is -0.136. The first kappa shape index (κ1) is 21.5. The molecular weight excluding hydrogens is 422 g/mol. The number of aromatic nitrogens is 1. The molecule has 7 heteroatoms. The first-order valence-electron chi connectivity index (χ1n) is 10.2. The molecule has 2 amide bonds. The average molecular weight is 446 g/mol. The third-order valence-corrected chi connectivity index (χ3v) is 6.03. The van der Waals surface area contributed by atoms with E-state index >= 15 is 0 Å². The van der Waals surface area contributed by atoms with Crippen LogP contribution in [0.25, 0.3) is 20.8 Å². The number of amides is 2. The maximum atomic E-state index is 12.3. The fourth-order valence-electron chi connectivity index (χ4n) is 3.37. The number of methoxy groups -OCH3 is 1. The summed E-state index contributed by atoms with van der Waals surface area (Å²) in [6.45, 7) is 1.86. The number of para-hydroxylation sites is 1. The van der Waals surface area contributed by atoms with Crippen LogP contribution < -0.4 is 15.4 Å². The van der Waals surface area contributed by atoms with E-state index in [1.807, 2.05) is 67.6 Å². The second-order valence-corrected chi connectivity index (χ2v) is 8.48. The molecule has 4 rings (SSSR count). The number of hydrogen-bond acceptors (Lipinski definition) is 5. The second-order valence-electron chi connectivity index (χ2n) is 7.45. The maximum Gasteiger partial charge on any atom is 0.313 e. The Morgan fingerprint density at radius 2 is 1.78 bits per heavy atom. The number of rotatable bonds is 6. The molecule has 0 aliphatic heterocycles. The Morgan fingerprint density at radius 3 is 2.53 bits per heavy atom. The predicted octanol–water partition coefficient (Wildman–Crippen LogP) is 4.66. The number of thiazole rings is 1. The van der Waals surface area contributed by atoms with Gasteiger partial charge in [-0.2, -0.15) is 0 Å². The van der Waals surface area contributed by atoms with Crippen LogP contribution in [0.2, 0.25) is 0 Å². The van der Waals surface area contributed by atoms with Crippen LogP contribution in [0.15, 0.2) is 72.8 Å². The molecule has 0 aliphatic carbocycles. The molecule has 0 bridgehead atoms. The van der Waals surface area contributed by atoms with Gasteiger partial charge in [-0.15, -0.1) is 11.3 Å². The van der Waals surface area contributed by atoms with E-state index in [0.29, 0.717) is 12.1 Å². The van der Waals surface area contributed by atoms with Gasteiger partial charge in [0.05, 0.1) is 17.3 Å². The zero-order valence-electron chi connectivity index (χ0n) is 17.8. The molecule has 1 unspecified atom stereocenters. The Balaban J connectivity index is 1.34. The summed E-state index contributed by atoms with van der Waals surface area (Å²) < 4.78 is 6.34. The standard InChI is InChI=1S/C25H23N3O3S/c1-16(14-17-6-5-7-20(15-17)31-2)26-23(29)24(30)27-19-12-10-18(11-13-19)25-28-21-8-3-4-9-22(21)32-25/h3-13,15-16H,14H2,1-2H3,(H,26,29)(H,27,30). The molecule has 1 atom stereocenters. The van der Waals surface area contributed by atoms with Crippen molar-refractivity contribution in [2.45, 2.75) is 19.4 Å². The Labute approximate surface area is 190 Å². The summed E-state index contributed by atoms with van der Waals surface area (Å²) in [7, 11) is 1.61. The number of hydrogen-bond donors (Lipinski definition) is 2. The molecule has 2 N–H and O–H groups in total. The van der Waals surface area contributed by atoms with E-state index in [2.05, 4.69) is 15.6 Å². The van der Waals surface area contributed by atoms with Crippen molar-refractivity contribution in [3.63, 3.8) is 0 Å². The minimum Gasteiger partial charge on any atom is -0.497 e. The summed E-state index contributed by atoms with van der Waals surface area (Å²) in [5.74, 6) is -0.612. The number of fused-ring (bicyclic) bond motifs is 1. The highest BCUT2D eigenvalue weighted by molar-refractivity contribution is 7.21. The van der Waals surface area contributed by atoms with E-state index in [1.54, 1.807) is 30.6 Å². The van der Waals surface area contributed by atoms with Crippen molar-refractivity contribution in [2.24, 2.45) is 0 Å². The van der Waals surface area contributed by atoms with Crippen molar-refractivity contribution in [3.05, 3.63) is 78.4 Å². The number of nitrogens with one attached hydrogen (secondary N) is 2. The number of carbonyl (C=O) groups is 2. The number of ether oxygens (including phenoxy) is 1. The Kier molecular flexibility index (Phi) is 6.47. The van der Waals surface area contributed by atoms with Crippen LogP contribution in [-0.4, -0.2) is 29.9 Å². The summed E-state index contributed by atoms with van der Waals surface area (Å²) in [5, 5.41) is 6.29.